The molecule has 0 bridgehead atoms. The standard InChI is InChI=1S/C14H23N3O4S2.ClH/c1-2-15-9-10-16-22(18,19)13-7-3-4-8-14(13)23(20,21)17-11-5-6-12-17;/h3-4,7-8,15-16H,2,5-6,9-12H2,1H3;1H. The summed E-state index contributed by atoms with van der Waals surface area (Å²) < 4.78 is 54.1. The van der Waals surface area contributed by atoms with Crippen LogP contribution in [0.2, 0.25) is 0 Å². The number of hydrogen-bond acceptors (Lipinski definition) is 5. The lowest BCUT2D eigenvalue weighted by Crippen LogP contribution is -2.34. The predicted octanol–water partition coefficient (Wildman–Crippen LogP) is 0.781. The minimum atomic E-state index is -3.88. The van der Waals surface area contributed by atoms with Crippen LogP contribution in [0.15, 0.2) is 34.1 Å². The van der Waals surface area contributed by atoms with Gasteiger partial charge in [-0.15, -0.1) is 12.4 Å². The van der Waals surface area contributed by atoms with Gasteiger partial charge in [0, 0.05) is 26.2 Å². The van der Waals surface area contributed by atoms with Gasteiger partial charge in [-0.1, -0.05) is 19.1 Å². The Balaban J connectivity index is 0.00000288. The summed E-state index contributed by atoms with van der Waals surface area (Å²) in [7, 11) is -7.67. The molecular weight excluding hydrogens is 374 g/mol. The van der Waals surface area contributed by atoms with Gasteiger partial charge in [0.2, 0.25) is 20.0 Å². The van der Waals surface area contributed by atoms with Crippen LogP contribution in [0.3, 0.4) is 0 Å². The molecule has 10 heteroatoms. The zero-order chi connectivity index (χ0) is 16.9. The van der Waals surface area contributed by atoms with Crippen molar-refractivity contribution in [3.63, 3.8) is 0 Å². The van der Waals surface area contributed by atoms with Gasteiger partial charge in [-0.25, -0.2) is 21.6 Å². The average Bonchev–Trinajstić information content (AvgIpc) is 3.07. The van der Waals surface area contributed by atoms with E-state index in [2.05, 4.69) is 10.0 Å². The maximum Gasteiger partial charge on any atom is 0.244 e. The molecule has 0 spiro atoms. The van der Waals surface area contributed by atoms with Crippen molar-refractivity contribution in [1.82, 2.24) is 14.3 Å². The fraction of sp³-hybridized carbons (Fsp3) is 0.571. The van der Waals surface area contributed by atoms with Gasteiger partial charge >= 0.3 is 0 Å². The van der Waals surface area contributed by atoms with Crippen LogP contribution in [0.25, 0.3) is 0 Å². The maximum atomic E-state index is 12.7. The Morgan fingerprint density at radius 2 is 1.58 bits per heavy atom. The van der Waals surface area contributed by atoms with E-state index in [1.54, 1.807) is 6.07 Å². The highest BCUT2D eigenvalue weighted by atomic mass is 35.5. The van der Waals surface area contributed by atoms with Crippen molar-refractivity contribution in [3.05, 3.63) is 24.3 Å². The first kappa shape index (κ1) is 21.3. The molecule has 0 amide bonds. The zero-order valence-electron chi connectivity index (χ0n) is 13.6. The molecule has 2 N–H and O–H groups in total. The Kier molecular flexibility index (Phi) is 8.10. The van der Waals surface area contributed by atoms with Gasteiger partial charge in [-0.2, -0.15) is 4.31 Å². The highest BCUT2D eigenvalue weighted by Gasteiger charge is 2.32. The van der Waals surface area contributed by atoms with Gasteiger partial charge < -0.3 is 5.32 Å². The van der Waals surface area contributed by atoms with E-state index in [0.717, 1.165) is 19.4 Å². The molecule has 1 saturated heterocycles. The fourth-order valence-corrected chi connectivity index (χ4v) is 5.83. The summed E-state index contributed by atoms with van der Waals surface area (Å²) in [5.74, 6) is 0. The molecule has 7 nitrogen and oxygen atoms in total. The minimum absolute atomic E-state index is 0. The average molecular weight is 398 g/mol. The molecule has 138 valence electrons. The summed E-state index contributed by atoms with van der Waals surface area (Å²) in [4.78, 5) is -0.346. The van der Waals surface area contributed by atoms with Crippen LogP contribution in [-0.2, 0) is 20.0 Å². The summed E-state index contributed by atoms with van der Waals surface area (Å²) in [5, 5.41) is 3.01. The Morgan fingerprint density at radius 1 is 1.00 bits per heavy atom. The van der Waals surface area contributed by atoms with Gasteiger partial charge in [0.1, 0.15) is 9.79 Å². The van der Waals surface area contributed by atoms with E-state index in [-0.39, 0.29) is 28.7 Å². The van der Waals surface area contributed by atoms with Crippen molar-refractivity contribution in [1.29, 1.82) is 0 Å². The molecule has 1 aromatic carbocycles. The van der Waals surface area contributed by atoms with Gasteiger partial charge in [-0.05, 0) is 31.5 Å². The highest BCUT2D eigenvalue weighted by molar-refractivity contribution is 7.92. The van der Waals surface area contributed by atoms with E-state index in [0.29, 0.717) is 19.6 Å². The molecule has 1 fully saturated rings. The number of likely N-dealkylation sites (N-methyl/N-ethyl adjacent to an activating group) is 1. The van der Waals surface area contributed by atoms with E-state index < -0.39 is 20.0 Å². The van der Waals surface area contributed by atoms with Crippen LogP contribution in [0.5, 0.6) is 0 Å². The molecule has 0 aromatic heterocycles. The number of sulfonamides is 2. The first-order valence-corrected chi connectivity index (χ1v) is 10.6. The molecule has 1 aliphatic heterocycles. The van der Waals surface area contributed by atoms with Gasteiger partial charge in [0.25, 0.3) is 0 Å². The Morgan fingerprint density at radius 3 is 2.17 bits per heavy atom. The molecule has 2 rings (SSSR count). The maximum absolute atomic E-state index is 12.7. The summed E-state index contributed by atoms with van der Waals surface area (Å²) in [6, 6.07) is 5.76. The molecule has 1 aromatic rings. The molecule has 0 saturated carbocycles. The second-order valence-corrected chi connectivity index (χ2v) is 8.95. The first-order valence-electron chi connectivity index (χ1n) is 7.69. The monoisotopic (exact) mass is 397 g/mol. The number of hydrogen-bond donors (Lipinski definition) is 2. The molecule has 1 aliphatic rings. The topological polar surface area (TPSA) is 95.6 Å². The van der Waals surface area contributed by atoms with E-state index in [9.17, 15) is 16.8 Å². The fourth-order valence-electron chi connectivity index (χ4n) is 2.48. The summed E-state index contributed by atoms with van der Waals surface area (Å²) in [6.45, 7) is 4.22. The Hall–Kier alpha value is -0.710. The lowest BCUT2D eigenvalue weighted by Gasteiger charge is -2.18. The van der Waals surface area contributed by atoms with Crippen molar-refractivity contribution in [2.45, 2.75) is 29.6 Å². The van der Waals surface area contributed by atoms with Crippen LogP contribution < -0.4 is 10.0 Å². The van der Waals surface area contributed by atoms with Crippen molar-refractivity contribution >= 4 is 32.5 Å². The largest absolute Gasteiger partial charge is 0.316 e. The smallest absolute Gasteiger partial charge is 0.244 e. The lowest BCUT2D eigenvalue weighted by atomic mass is 10.4. The van der Waals surface area contributed by atoms with Crippen molar-refractivity contribution in [3.8, 4) is 0 Å². The van der Waals surface area contributed by atoms with Gasteiger partial charge in [0.15, 0.2) is 0 Å². The van der Waals surface area contributed by atoms with E-state index in [4.69, 9.17) is 0 Å². The van der Waals surface area contributed by atoms with Crippen LogP contribution in [0, 0.1) is 0 Å². The third kappa shape index (κ3) is 4.90. The normalized spacial score (nSPS) is 16.0. The lowest BCUT2D eigenvalue weighted by molar-refractivity contribution is 0.474. The number of rotatable bonds is 8. The Labute approximate surface area is 150 Å². The van der Waals surface area contributed by atoms with Crippen LogP contribution in [0.1, 0.15) is 19.8 Å². The van der Waals surface area contributed by atoms with Crippen LogP contribution >= 0.6 is 12.4 Å². The van der Waals surface area contributed by atoms with Crippen LogP contribution in [0.4, 0.5) is 0 Å². The molecule has 0 atom stereocenters. The number of benzene rings is 1. The molecule has 24 heavy (non-hydrogen) atoms. The highest BCUT2D eigenvalue weighted by Crippen LogP contribution is 2.26. The van der Waals surface area contributed by atoms with Crippen molar-refractivity contribution in [2.75, 3.05) is 32.7 Å². The molecule has 0 radical (unpaired) electrons. The quantitative estimate of drug-likeness (QED) is 0.632. The predicted molar refractivity (Wildman–Crippen MR) is 95.4 cm³/mol. The second kappa shape index (κ2) is 9.12. The third-order valence-electron chi connectivity index (χ3n) is 3.67. The van der Waals surface area contributed by atoms with Crippen molar-refractivity contribution < 1.29 is 16.8 Å². The number of nitrogens with one attached hydrogen (secondary N) is 2. The van der Waals surface area contributed by atoms with E-state index in [1.165, 1.54) is 22.5 Å². The molecule has 0 unspecified atom stereocenters. The molecule has 0 aliphatic carbocycles. The summed E-state index contributed by atoms with van der Waals surface area (Å²) in [6.07, 6.45) is 1.60. The van der Waals surface area contributed by atoms with E-state index in [1.807, 2.05) is 6.92 Å². The molecular formula is C14H24ClN3O4S2. The van der Waals surface area contributed by atoms with E-state index >= 15 is 0 Å². The first-order chi connectivity index (χ1) is 10.9. The van der Waals surface area contributed by atoms with Gasteiger partial charge in [0.05, 0.1) is 0 Å². The van der Waals surface area contributed by atoms with Gasteiger partial charge in [-0.3, -0.25) is 0 Å². The summed E-state index contributed by atoms with van der Waals surface area (Å²) >= 11 is 0. The SMILES string of the molecule is CCNCCNS(=O)(=O)c1ccccc1S(=O)(=O)N1CCCC1.Cl. The second-order valence-electron chi connectivity index (χ2n) is 5.31. The van der Waals surface area contributed by atoms with Crippen LogP contribution in [-0.4, -0.2) is 53.9 Å². The summed E-state index contributed by atoms with van der Waals surface area (Å²) in [5.41, 5.74) is 0. The number of halogens is 1. The molecule has 1 heterocycles. The Bertz CT molecular complexity index is 732. The minimum Gasteiger partial charge on any atom is -0.316 e. The zero-order valence-corrected chi connectivity index (χ0v) is 16.0. The van der Waals surface area contributed by atoms with Crippen molar-refractivity contribution in [2.24, 2.45) is 0 Å². The third-order valence-corrected chi connectivity index (χ3v) is 7.27. The number of nitrogens with zero attached hydrogens (tertiary/aromatic N) is 1.